The highest BCUT2D eigenvalue weighted by molar-refractivity contribution is 6.11. The molecular weight excluding hydrogens is 857 g/mol. The molecule has 0 atom stereocenters. The highest BCUT2D eigenvalue weighted by atomic mass is 15.0. The summed E-state index contributed by atoms with van der Waals surface area (Å²) in [5.41, 5.74) is 20.5. The van der Waals surface area contributed by atoms with Gasteiger partial charge in [0.15, 0.2) is 0 Å². The zero-order valence-electron chi connectivity index (χ0n) is 37.9. The summed E-state index contributed by atoms with van der Waals surface area (Å²) in [5.74, 6) is 0. The van der Waals surface area contributed by atoms with Crippen molar-refractivity contribution in [1.29, 1.82) is 26.3 Å². The molecule has 0 saturated heterocycles. The predicted octanol–water partition coefficient (Wildman–Crippen LogP) is 13.6. The lowest BCUT2D eigenvalue weighted by molar-refractivity contribution is 0.832. The Balaban J connectivity index is 1.35. The van der Waals surface area contributed by atoms with E-state index in [0.717, 1.165) is 86.3 Å². The number of nitriles is 5. The van der Waals surface area contributed by atoms with E-state index in [1.165, 1.54) is 5.56 Å². The molecule has 8 nitrogen and oxygen atoms in total. The average Bonchev–Trinajstić information content (AvgIpc) is 3.94. The van der Waals surface area contributed by atoms with Crippen molar-refractivity contribution in [2.75, 3.05) is 6.54 Å². The Morgan fingerprint density at radius 1 is 0.457 bits per heavy atom. The van der Waals surface area contributed by atoms with Crippen LogP contribution in [0, 0.1) is 56.7 Å². The number of benzene rings is 8. The maximum atomic E-state index is 12.0. The number of hydrogen-bond acceptors (Lipinski definition) is 6. The minimum absolute atomic E-state index is 0.296. The van der Waals surface area contributed by atoms with Gasteiger partial charge in [-0.1, -0.05) is 103 Å². The molecule has 2 aromatic heterocycles. The van der Waals surface area contributed by atoms with Crippen LogP contribution in [0.3, 0.4) is 0 Å². The second kappa shape index (κ2) is 17.8. The van der Waals surface area contributed by atoms with Crippen molar-refractivity contribution in [3.63, 3.8) is 0 Å². The number of aromatic nitrogens is 2. The molecule has 70 heavy (non-hydrogen) atoms. The quantitative estimate of drug-likeness (QED) is 0.152. The number of rotatable bonds is 9. The second-order valence-corrected chi connectivity index (χ2v) is 17.6. The van der Waals surface area contributed by atoms with Crippen LogP contribution in [0.25, 0.3) is 94.7 Å². The smallest absolute Gasteiger partial charge is 0.102 e. The standard InChI is InChI=1S/C62H40N8/c63-25-11-12-39-26-40(34-64)29-47(28-39)44-14-10-16-46(33-44)60-61(69-55-21-5-1-17-49(55)50-18-2-6-22-56(50)69)53(37-67)59(45-15-9-13-43(32-45)48-30-41(35-65)27-42(31-48)36-66)54(38-68)62(60)70-57-23-7-3-19-51(57)52-20-4-8-24-58(52)70/h1-3,5-10,13-19,21-24,26-33H,4,11-12,20,25,63H2. The summed E-state index contributed by atoms with van der Waals surface area (Å²) in [4.78, 5) is 0. The summed E-state index contributed by atoms with van der Waals surface area (Å²) in [6, 6.07) is 63.8. The topological polar surface area (TPSA) is 155 Å². The van der Waals surface area contributed by atoms with Gasteiger partial charge in [-0.15, -0.1) is 0 Å². The predicted molar refractivity (Wildman–Crippen MR) is 278 cm³/mol. The molecule has 0 aliphatic heterocycles. The van der Waals surface area contributed by atoms with Crippen LogP contribution in [-0.2, 0) is 12.8 Å². The van der Waals surface area contributed by atoms with Crippen LogP contribution in [0.4, 0.5) is 0 Å². The third-order valence-corrected chi connectivity index (χ3v) is 13.5. The molecule has 1 aliphatic rings. The highest BCUT2D eigenvalue weighted by Gasteiger charge is 2.33. The fraction of sp³-hybridized carbons (Fsp3) is 0.0806. The summed E-state index contributed by atoms with van der Waals surface area (Å²) in [6.45, 7) is 0.530. The first kappa shape index (κ1) is 42.9. The summed E-state index contributed by atoms with van der Waals surface area (Å²) in [7, 11) is 0. The maximum Gasteiger partial charge on any atom is 0.102 e. The van der Waals surface area contributed by atoms with E-state index in [2.05, 4.69) is 112 Å². The maximum absolute atomic E-state index is 12.0. The molecule has 0 saturated carbocycles. The second-order valence-electron chi connectivity index (χ2n) is 17.6. The van der Waals surface area contributed by atoms with Gasteiger partial charge in [-0.05, 0) is 143 Å². The Labute approximate surface area is 405 Å². The van der Waals surface area contributed by atoms with E-state index >= 15 is 0 Å². The molecule has 8 aromatic carbocycles. The van der Waals surface area contributed by atoms with E-state index in [9.17, 15) is 26.3 Å². The molecule has 328 valence electrons. The van der Waals surface area contributed by atoms with Crippen LogP contribution >= 0.6 is 0 Å². The summed E-state index contributed by atoms with van der Waals surface area (Å²) >= 11 is 0. The summed E-state index contributed by atoms with van der Waals surface area (Å²) in [6.07, 6.45) is 7.52. The lowest BCUT2D eigenvalue weighted by atomic mass is 9.85. The highest BCUT2D eigenvalue weighted by Crippen LogP contribution is 2.49. The van der Waals surface area contributed by atoms with Crippen LogP contribution in [0.1, 0.15) is 57.5 Å². The molecule has 2 N–H and O–H groups in total. The molecule has 2 heterocycles. The minimum atomic E-state index is 0.296. The van der Waals surface area contributed by atoms with Gasteiger partial charge in [0.05, 0.1) is 73.9 Å². The number of allylic oxidation sites excluding steroid dienone is 1. The molecule has 11 rings (SSSR count). The van der Waals surface area contributed by atoms with Gasteiger partial charge in [0, 0.05) is 33.0 Å². The number of nitrogens with two attached hydrogens (primary N) is 1. The van der Waals surface area contributed by atoms with Crippen molar-refractivity contribution in [2.24, 2.45) is 5.73 Å². The van der Waals surface area contributed by atoms with Gasteiger partial charge in [-0.3, -0.25) is 0 Å². The number of para-hydroxylation sites is 3. The molecule has 1 aliphatic carbocycles. The number of hydrogen-bond donors (Lipinski definition) is 1. The van der Waals surface area contributed by atoms with E-state index < -0.39 is 0 Å². The van der Waals surface area contributed by atoms with Gasteiger partial charge in [0.1, 0.15) is 12.1 Å². The first-order valence-corrected chi connectivity index (χ1v) is 23.2. The van der Waals surface area contributed by atoms with Gasteiger partial charge in [0.2, 0.25) is 0 Å². The number of fused-ring (bicyclic) bond motifs is 6. The Hall–Kier alpha value is -9.75. The van der Waals surface area contributed by atoms with E-state index in [1.807, 2.05) is 78.9 Å². The number of aryl methyl sites for hydroxylation is 2. The average molecular weight is 897 g/mol. The van der Waals surface area contributed by atoms with Gasteiger partial charge < -0.3 is 14.9 Å². The van der Waals surface area contributed by atoms with Crippen LogP contribution in [0.15, 0.2) is 164 Å². The summed E-state index contributed by atoms with van der Waals surface area (Å²) in [5, 5.41) is 57.2. The Bertz CT molecular complexity index is 3980. The molecule has 0 amide bonds. The van der Waals surface area contributed by atoms with Gasteiger partial charge in [0.25, 0.3) is 0 Å². The van der Waals surface area contributed by atoms with Crippen molar-refractivity contribution in [1.82, 2.24) is 9.13 Å². The molecule has 8 heteroatoms. The van der Waals surface area contributed by atoms with E-state index in [1.54, 1.807) is 18.2 Å². The van der Waals surface area contributed by atoms with Crippen LogP contribution < -0.4 is 5.73 Å². The lowest BCUT2D eigenvalue weighted by Gasteiger charge is -2.26. The van der Waals surface area contributed by atoms with Crippen molar-refractivity contribution in [2.45, 2.75) is 25.7 Å². The van der Waals surface area contributed by atoms with Gasteiger partial charge in [-0.25, -0.2) is 0 Å². The fourth-order valence-corrected chi connectivity index (χ4v) is 10.5. The molecule has 10 aromatic rings. The fourth-order valence-electron chi connectivity index (χ4n) is 10.5. The number of nitrogens with zero attached hydrogens (tertiary/aromatic N) is 7. The van der Waals surface area contributed by atoms with Crippen molar-refractivity contribution in [3.8, 4) is 86.2 Å². The zero-order chi connectivity index (χ0) is 47.9. The Kier molecular flexibility index (Phi) is 10.9. The third kappa shape index (κ3) is 7.08. The molecule has 0 radical (unpaired) electrons. The zero-order valence-corrected chi connectivity index (χ0v) is 37.9. The SMILES string of the molecule is N#Cc1cc(C#N)cc(-c2cccc(-c3c(C#N)c(-n4c5c(c6ccccc64)CCC=C5)c(-c4cccc(-c5cc(C#N)cc(CCCN)c5)c4)c(-n4c5ccccc5c5ccccc54)c3C#N)c2)c1. The third-order valence-electron chi connectivity index (χ3n) is 13.5. The van der Waals surface area contributed by atoms with E-state index in [-0.39, 0.29) is 0 Å². The van der Waals surface area contributed by atoms with Crippen molar-refractivity contribution < 1.29 is 0 Å². The monoisotopic (exact) mass is 896 g/mol. The normalized spacial score (nSPS) is 11.7. The molecule has 0 spiro atoms. The van der Waals surface area contributed by atoms with Crippen molar-refractivity contribution >= 4 is 38.8 Å². The summed E-state index contributed by atoms with van der Waals surface area (Å²) < 4.78 is 4.41. The molecule has 0 unspecified atom stereocenters. The lowest BCUT2D eigenvalue weighted by Crippen LogP contribution is -2.12. The van der Waals surface area contributed by atoms with E-state index in [4.69, 9.17) is 5.73 Å². The minimum Gasteiger partial charge on any atom is -0.330 e. The van der Waals surface area contributed by atoms with Gasteiger partial charge in [-0.2, -0.15) is 26.3 Å². The van der Waals surface area contributed by atoms with Crippen LogP contribution in [-0.4, -0.2) is 15.7 Å². The largest absolute Gasteiger partial charge is 0.330 e. The molecule has 0 fully saturated rings. The van der Waals surface area contributed by atoms with Gasteiger partial charge >= 0.3 is 0 Å². The molecular formula is C62H40N8. The van der Waals surface area contributed by atoms with Crippen LogP contribution in [0.5, 0.6) is 0 Å². The van der Waals surface area contributed by atoms with Crippen LogP contribution in [0.2, 0.25) is 0 Å². The van der Waals surface area contributed by atoms with E-state index in [0.29, 0.717) is 73.6 Å². The van der Waals surface area contributed by atoms with Crippen molar-refractivity contribution in [3.05, 3.63) is 208 Å². The molecule has 0 bridgehead atoms. The Morgan fingerprint density at radius 2 is 0.957 bits per heavy atom. The first-order chi connectivity index (χ1) is 34.5. The Morgan fingerprint density at radius 3 is 1.53 bits per heavy atom. The first-order valence-electron chi connectivity index (χ1n) is 23.2.